The Bertz CT molecular complexity index is 305. The second kappa shape index (κ2) is 7.88. The lowest BCUT2D eigenvalue weighted by atomic mass is 10.2. The molecular weight excluding hydrogens is 252 g/mol. The van der Waals surface area contributed by atoms with Crippen LogP contribution in [0, 0.1) is 0 Å². The van der Waals surface area contributed by atoms with Gasteiger partial charge >= 0.3 is 0 Å². The first-order valence-corrected chi connectivity index (χ1v) is 7.84. The zero-order chi connectivity index (χ0) is 12.6. The van der Waals surface area contributed by atoms with Crippen LogP contribution in [0.15, 0.2) is 0 Å². The zero-order valence-electron chi connectivity index (χ0n) is 9.18. The molecule has 1 atom stereocenters. The van der Waals surface area contributed by atoms with Gasteiger partial charge < -0.3 is 11.1 Å². The molecule has 8 heteroatoms. The van der Waals surface area contributed by atoms with E-state index in [-0.39, 0.29) is 24.6 Å². The van der Waals surface area contributed by atoms with E-state index in [2.05, 4.69) is 5.32 Å². The highest BCUT2D eigenvalue weighted by atomic mass is 32.2. The minimum atomic E-state index is -3.94. The van der Waals surface area contributed by atoms with Crippen molar-refractivity contribution in [1.29, 1.82) is 0 Å². The van der Waals surface area contributed by atoms with Crippen LogP contribution >= 0.6 is 11.8 Å². The molecule has 0 heterocycles. The van der Waals surface area contributed by atoms with Gasteiger partial charge in [-0.3, -0.25) is 9.35 Å². The fraction of sp³-hybridized carbons (Fsp3) is 0.875. The van der Waals surface area contributed by atoms with Crippen LogP contribution < -0.4 is 11.1 Å². The highest BCUT2D eigenvalue weighted by Crippen LogP contribution is 1.98. The molecule has 0 aromatic heterocycles. The van der Waals surface area contributed by atoms with Gasteiger partial charge in [-0.1, -0.05) is 0 Å². The average Bonchev–Trinajstić information content (AvgIpc) is 2.19. The van der Waals surface area contributed by atoms with E-state index < -0.39 is 16.2 Å². The molecule has 0 radical (unpaired) electrons. The van der Waals surface area contributed by atoms with Crippen LogP contribution in [0.4, 0.5) is 0 Å². The molecule has 6 nitrogen and oxygen atoms in total. The van der Waals surface area contributed by atoms with E-state index in [0.717, 1.165) is 5.75 Å². The van der Waals surface area contributed by atoms with E-state index in [9.17, 15) is 13.2 Å². The lowest BCUT2D eigenvalue weighted by Crippen LogP contribution is -2.41. The molecule has 0 saturated heterocycles. The topological polar surface area (TPSA) is 109 Å². The summed E-state index contributed by atoms with van der Waals surface area (Å²) in [6, 6.07) is -0.557. The fourth-order valence-corrected chi connectivity index (χ4v) is 1.97. The fourth-order valence-electron chi connectivity index (χ4n) is 0.973. The van der Waals surface area contributed by atoms with Gasteiger partial charge in [0.2, 0.25) is 5.91 Å². The maximum Gasteiger partial charge on any atom is 0.264 e. The first kappa shape index (κ1) is 15.7. The molecule has 0 aliphatic rings. The van der Waals surface area contributed by atoms with E-state index in [1.54, 1.807) is 11.8 Å². The summed E-state index contributed by atoms with van der Waals surface area (Å²) >= 11 is 1.61. The maximum absolute atomic E-state index is 11.3. The lowest BCUT2D eigenvalue weighted by molar-refractivity contribution is -0.122. The van der Waals surface area contributed by atoms with Crippen LogP contribution in [-0.4, -0.2) is 49.2 Å². The Kier molecular flexibility index (Phi) is 7.73. The molecule has 96 valence electrons. The number of carbonyl (C=O) groups excluding carboxylic acids is 1. The largest absolute Gasteiger partial charge is 0.355 e. The molecule has 0 aliphatic heterocycles. The van der Waals surface area contributed by atoms with Crippen molar-refractivity contribution in [2.24, 2.45) is 5.73 Å². The Balaban J connectivity index is 3.65. The molecule has 0 bridgehead atoms. The Labute approximate surface area is 100 Å². The highest BCUT2D eigenvalue weighted by molar-refractivity contribution is 7.98. The van der Waals surface area contributed by atoms with Gasteiger partial charge in [-0.15, -0.1) is 0 Å². The van der Waals surface area contributed by atoms with Crippen molar-refractivity contribution in [3.05, 3.63) is 0 Å². The van der Waals surface area contributed by atoms with E-state index in [1.807, 2.05) is 6.26 Å². The average molecular weight is 270 g/mol. The van der Waals surface area contributed by atoms with Gasteiger partial charge in [-0.2, -0.15) is 20.2 Å². The van der Waals surface area contributed by atoms with Crippen molar-refractivity contribution in [3.8, 4) is 0 Å². The third-order valence-electron chi connectivity index (χ3n) is 1.85. The van der Waals surface area contributed by atoms with Crippen LogP contribution in [0.5, 0.6) is 0 Å². The van der Waals surface area contributed by atoms with Crippen molar-refractivity contribution in [3.63, 3.8) is 0 Å². The van der Waals surface area contributed by atoms with Crippen LogP contribution in [0.1, 0.15) is 12.8 Å². The summed E-state index contributed by atoms with van der Waals surface area (Å²) in [5.74, 6) is 0.164. The van der Waals surface area contributed by atoms with Crippen molar-refractivity contribution in [2.75, 3.05) is 24.3 Å². The number of hydrogen-bond acceptors (Lipinski definition) is 5. The summed E-state index contributed by atoms with van der Waals surface area (Å²) in [7, 11) is -3.94. The summed E-state index contributed by atoms with van der Waals surface area (Å²) in [5.41, 5.74) is 5.58. The SMILES string of the molecule is CSCC[C@@H](N)C(=O)NCCCS(=O)(=O)O. The number of hydrogen-bond donors (Lipinski definition) is 3. The number of carbonyl (C=O) groups is 1. The number of thioether (sulfide) groups is 1. The van der Waals surface area contributed by atoms with Gasteiger partial charge in [0.05, 0.1) is 11.8 Å². The molecule has 4 N–H and O–H groups in total. The van der Waals surface area contributed by atoms with E-state index in [1.165, 1.54) is 0 Å². The number of amides is 1. The third-order valence-corrected chi connectivity index (χ3v) is 3.30. The second-order valence-electron chi connectivity index (χ2n) is 3.32. The predicted octanol–water partition coefficient (Wildman–Crippen LogP) is -0.539. The van der Waals surface area contributed by atoms with Gasteiger partial charge in [0.1, 0.15) is 0 Å². The second-order valence-corrected chi connectivity index (χ2v) is 5.88. The highest BCUT2D eigenvalue weighted by Gasteiger charge is 2.12. The van der Waals surface area contributed by atoms with E-state index in [4.69, 9.17) is 10.3 Å². The predicted molar refractivity (Wildman–Crippen MR) is 65.0 cm³/mol. The van der Waals surface area contributed by atoms with E-state index in [0.29, 0.717) is 6.42 Å². The molecule has 0 aliphatic carbocycles. The van der Waals surface area contributed by atoms with Crippen LogP contribution in [0.3, 0.4) is 0 Å². The van der Waals surface area contributed by atoms with Gasteiger partial charge in [0.15, 0.2) is 0 Å². The molecule has 1 amide bonds. The van der Waals surface area contributed by atoms with Gasteiger partial charge in [0, 0.05) is 6.54 Å². The van der Waals surface area contributed by atoms with Gasteiger partial charge in [0.25, 0.3) is 10.1 Å². The Morgan fingerprint density at radius 1 is 1.56 bits per heavy atom. The van der Waals surface area contributed by atoms with Crippen LogP contribution in [-0.2, 0) is 14.9 Å². The number of nitrogens with two attached hydrogens (primary N) is 1. The maximum atomic E-state index is 11.3. The Morgan fingerprint density at radius 3 is 2.69 bits per heavy atom. The smallest absolute Gasteiger partial charge is 0.264 e. The van der Waals surface area contributed by atoms with Crippen LogP contribution in [0.25, 0.3) is 0 Å². The first-order valence-electron chi connectivity index (χ1n) is 4.84. The van der Waals surface area contributed by atoms with Crippen LogP contribution in [0.2, 0.25) is 0 Å². The third kappa shape index (κ3) is 8.96. The molecular formula is C8H18N2O4S2. The Morgan fingerprint density at radius 2 is 2.19 bits per heavy atom. The molecule has 0 spiro atoms. The monoisotopic (exact) mass is 270 g/mol. The molecule has 0 aromatic rings. The lowest BCUT2D eigenvalue weighted by Gasteiger charge is -2.10. The summed E-state index contributed by atoms with van der Waals surface area (Å²) in [4.78, 5) is 11.3. The van der Waals surface area contributed by atoms with Gasteiger partial charge in [-0.25, -0.2) is 0 Å². The quantitative estimate of drug-likeness (QED) is 0.404. The van der Waals surface area contributed by atoms with Crippen molar-refractivity contribution in [2.45, 2.75) is 18.9 Å². The van der Waals surface area contributed by atoms with E-state index >= 15 is 0 Å². The molecule has 0 aromatic carbocycles. The summed E-state index contributed by atoms with van der Waals surface area (Å²) in [5, 5.41) is 2.52. The summed E-state index contributed by atoms with van der Waals surface area (Å²) < 4.78 is 29.2. The minimum Gasteiger partial charge on any atom is -0.355 e. The van der Waals surface area contributed by atoms with Crippen molar-refractivity contribution >= 4 is 27.8 Å². The normalized spacial score (nSPS) is 13.4. The summed E-state index contributed by atoms with van der Waals surface area (Å²) in [6.45, 7) is 0.200. The minimum absolute atomic E-state index is 0.180. The van der Waals surface area contributed by atoms with Crippen molar-refractivity contribution < 1.29 is 17.8 Å². The number of nitrogens with one attached hydrogen (secondary N) is 1. The van der Waals surface area contributed by atoms with Crippen molar-refractivity contribution in [1.82, 2.24) is 5.32 Å². The molecule has 0 saturated carbocycles. The zero-order valence-corrected chi connectivity index (χ0v) is 10.8. The molecule has 0 rings (SSSR count). The van der Waals surface area contributed by atoms with Gasteiger partial charge in [-0.05, 0) is 24.9 Å². The number of rotatable bonds is 8. The molecule has 0 unspecified atom stereocenters. The standard InChI is InChI=1S/C8H18N2O4S2/c1-15-5-3-7(9)8(11)10-4-2-6-16(12,13)14/h7H,2-6,9H2,1H3,(H,10,11)(H,12,13,14)/t7-/m1/s1. The molecule has 16 heavy (non-hydrogen) atoms. The summed E-state index contributed by atoms with van der Waals surface area (Å²) in [6.07, 6.45) is 2.70. The molecule has 0 fully saturated rings. The Hall–Kier alpha value is -0.310. The first-order chi connectivity index (χ1) is 7.37.